The van der Waals surface area contributed by atoms with Crippen LogP contribution in [0.5, 0.6) is 28.7 Å². The normalized spacial score (nSPS) is 14.2. The summed E-state index contributed by atoms with van der Waals surface area (Å²) in [7, 11) is 3.08. The van der Waals surface area contributed by atoms with Crippen LogP contribution in [-0.2, 0) is 4.79 Å². The van der Waals surface area contributed by atoms with Crippen LogP contribution in [0.25, 0.3) is 0 Å². The molecular weight excluding hydrogens is 484 g/mol. The lowest BCUT2D eigenvalue weighted by Crippen LogP contribution is -2.22. The molecule has 0 saturated heterocycles. The van der Waals surface area contributed by atoms with Crippen LogP contribution in [0.3, 0.4) is 0 Å². The van der Waals surface area contributed by atoms with E-state index in [2.05, 4.69) is 6.07 Å². The Kier molecular flexibility index (Phi) is 7.23. The molecule has 0 saturated carbocycles. The van der Waals surface area contributed by atoms with Crippen molar-refractivity contribution >= 4 is 17.6 Å². The third-order valence-electron chi connectivity index (χ3n) is 5.65. The number of carbonyl (C=O) groups is 1. The van der Waals surface area contributed by atoms with Gasteiger partial charge in [0.05, 0.1) is 20.1 Å². The number of nitriles is 1. The maximum Gasteiger partial charge on any atom is 0.349 e. The highest BCUT2D eigenvalue weighted by atomic mass is 35.5. The summed E-state index contributed by atoms with van der Waals surface area (Å²) in [5.41, 5.74) is 8.58. The van der Waals surface area contributed by atoms with Crippen molar-refractivity contribution in [2.45, 2.75) is 12.8 Å². The Bertz CT molecular complexity index is 1400. The Balaban J connectivity index is 1.57. The summed E-state index contributed by atoms with van der Waals surface area (Å²) in [6, 6.07) is 17.5. The zero-order valence-corrected chi connectivity index (χ0v) is 20.6. The number of nitrogens with two attached hydrogens (primary N) is 1. The Morgan fingerprint density at radius 1 is 1.06 bits per heavy atom. The van der Waals surface area contributed by atoms with Crippen molar-refractivity contribution in [2.24, 2.45) is 5.73 Å². The van der Waals surface area contributed by atoms with Gasteiger partial charge in [0.25, 0.3) is 0 Å². The molecule has 3 aromatic rings. The topological polar surface area (TPSA) is 113 Å². The minimum atomic E-state index is -0.599. The number of hydrogen-bond donors (Lipinski definition) is 1. The molecule has 1 unspecified atom stereocenters. The fraction of sp³-hybridized carbons (Fsp3) is 0.185. The number of aryl methyl sites for hydroxylation is 1. The van der Waals surface area contributed by atoms with Gasteiger partial charge >= 0.3 is 5.97 Å². The van der Waals surface area contributed by atoms with Gasteiger partial charge in [-0.3, -0.25) is 0 Å². The highest BCUT2D eigenvalue weighted by Gasteiger charge is 2.31. The molecule has 0 aliphatic carbocycles. The molecule has 1 aliphatic rings. The van der Waals surface area contributed by atoms with Crippen molar-refractivity contribution in [2.75, 3.05) is 20.8 Å². The average Bonchev–Trinajstić information content (AvgIpc) is 2.86. The molecule has 0 amide bonds. The van der Waals surface area contributed by atoms with Crippen molar-refractivity contribution in [3.63, 3.8) is 0 Å². The quantitative estimate of drug-likeness (QED) is 0.357. The van der Waals surface area contributed by atoms with Gasteiger partial charge < -0.3 is 29.4 Å². The van der Waals surface area contributed by atoms with Gasteiger partial charge in [0.1, 0.15) is 28.9 Å². The minimum Gasteiger partial charge on any atom is -0.493 e. The molecule has 36 heavy (non-hydrogen) atoms. The molecule has 0 aromatic heterocycles. The van der Waals surface area contributed by atoms with Crippen LogP contribution >= 0.6 is 11.6 Å². The first-order valence-electron chi connectivity index (χ1n) is 10.9. The SMILES string of the molecule is COc1ccc(C2C(C#N)=C(N)Oc3cc(OC(=O)COc4ccc(Cl)cc4C)ccc32)cc1OC. The standard InChI is InChI=1S/C27H23ClN2O6/c1-15-10-17(28)5-9-21(15)34-14-25(31)35-18-6-7-19-23(12-18)36-27(30)20(13-29)26(19)16-4-8-22(32-2)24(11-16)33-3/h4-12,26H,14,30H2,1-3H3. The number of carbonyl (C=O) groups excluding carboxylic acids is 1. The molecule has 4 rings (SSSR count). The largest absolute Gasteiger partial charge is 0.493 e. The van der Waals surface area contributed by atoms with E-state index in [1.807, 2.05) is 13.0 Å². The van der Waals surface area contributed by atoms with Gasteiger partial charge in [0.2, 0.25) is 5.88 Å². The lowest BCUT2D eigenvalue weighted by atomic mass is 9.83. The highest BCUT2D eigenvalue weighted by Crippen LogP contribution is 2.45. The van der Waals surface area contributed by atoms with E-state index in [1.165, 1.54) is 7.11 Å². The molecule has 1 heterocycles. The van der Waals surface area contributed by atoms with Gasteiger partial charge in [-0.1, -0.05) is 23.7 Å². The van der Waals surface area contributed by atoms with E-state index in [4.69, 9.17) is 41.0 Å². The van der Waals surface area contributed by atoms with Crippen LogP contribution < -0.4 is 29.4 Å². The summed E-state index contributed by atoms with van der Waals surface area (Å²) in [6.07, 6.45) is 0. The number of benzene rings is 3. The van der Waals surface area contributed by atoms with Crippen LogP contribution in [0.2, 0.25) is 5.02 Å². The molecule has 0 bridgehead atoms. The number of allylic oxidation sites excluding steroid dienone is 1. The van der Waals surface area contributed by atoms with Crippen LogP contribution in [0.15, 0.2) is 66.1 Å². The van der Waals surface area contributed by atoms with Crippen molar-refractivity contribution in [1.82, 2.24) is 0 Å². The van der Waals surface area contributed by atoms with Crippen molar-refractivity contribution in [3.05, 3.63) is 87.8 Å². The van der Waals surface area contributed by atoms with Gasteiger partial charge in [0.15, 0.2) is 18.1 Å². The third kappa shape index (κ3) is 5.02. The summed E-state index contributed by atoms with van der Waals surface area (Å²) in [4.78, 5) is 12.4. The number of halogens is 1. The summed E-state index contributed by atoms with van der Waals surface area (Å²) < 4.78 is 27.4. The summed E-state index contributed by atoms with van der Waals surface area (Å²) in [5, 5.41) is 10.4. The second-order valence-electron chi connectivity index (χ2n) is 7.91. The van der Waals surface area contributed by atoms with Gasteiger partial charge in [0, 0.05) is 16.7 Å². The van der Waals surface area contributed by atoms with Crippen LogP contribution in [0.4, 0.5) is 0 Å². The fourth-order valence-corrected chi connectivity index (χ4v) is 4.17. The van der Waals surface area contributed by atoms with Crippen LogP contribution in [0.1, 0.15) is 22.6 Å². The van der Waals surface area contributed by atoms with Crippen molar-refractivity contribution in [1.29, 1.82) is 5.26 Å². The van der Waals surface area contributed by atoms with Crippen LogP contribution in [-0.4, -0.2) is 26.8 Å². The fourth-order valence-electron chi connectivity index (χ4n) is 3.95. The molecule has 9 heteroatoms. The summed E-state index contributed by atoms with van der Waals surface area (Å²) in [6.45, 7) is 1.53. The highest BCUT2D eigenvalue weighted by molar-refractivity contribution is 6.30. The molecule has 8 nitrogen and oxygen atoms in total. The zero-order valence-electron chi connectivity index (χ0n) is 19.8. The predicted octanol–water partition coefficient (Wildman–Crippen LogP) is 4.87. The number of nitrogens with zero attached hydrogens (tertiary/aromatic N) is 1. The van der Waals surface area contributed by atoms with Gasteiger partial charge in [-0.25, -0.2) is 4.79 Å². The molecule has 184 valence electrons. The van der Waals surface area contributed by atoms with Crippen LogP contribution in [0, 0.1) is 18.3 Å². The molecule has 1 atom stereocenters. The molecule has 0 fully saturated rings. The maximum absolute atomic E-state index is 12.4. The number of rotatable bonds is 7. The van der Waals surface area contributed by atoms with E-state index in [1.54, 1.807) is 55.6 Å². The van der Waals surface area contributed by atoms with Gasteiger partial charge in [-0.15, -0.1) is 0 Å². The number of fused-ring (bicyclic) bond motifs is 1. The van der Waals surface area contributed by atoms with E-state index in [0.717, 1.165) is 11.1 Å². The Hall–Kier alpha value is -4.35. The molecule has 0 radical (unpaired) electrons. The first-order chi connectivity index (χ1) is 17.3. The monoisotopic (exact) mass is 506 g/mol. The lowest BCUT2D eigenvalue weighted by molar-refractivity contribution is -0.136. The molecular formula is C27H23ClN2O6. The smallest absolute Gasteiger partial charge is 0.349 e. The van der Waals surface area contributed by atoms with E-state index >= 15 is 0 Å². The Morgan fingerprint density at radius 3 is 2.50 bits per heavy atom. The number of ether oxygens (including phenoxy) is 5. The molecule has 2 N–H and O–H groups in total. The molecule has 3 aromatic carbocycles. The third-order valence-corrected chi connectivity index (χ3v) is 5.88. The number of methoxy groups -OCH3 is 2. The second kappa shape index (κ2) is 10.5. The maximum atomic E-state index is 12.4. The van der Waals surface area contributed by atoms with Gasteiger partial charge in [-0.05, 0) is 54.4 Å². The van der Waals surface area contributed by atoms with E-state index in [0.29, 0.717) is 33.6 Å². The Morgan fingerprint density at radius 2 is 1.81 bits per heavy atom. The predicted molar refractivity (Wildman–Crippen MR) is 133 cm³/mol. The second-order valence-corrected chi connectivity index (χ2v) is 8.35. The van der Waals surface area contributed by atoms with E-state index in [-0.39, 0.29) is 23.8 Å². The zero-order chi connectivity index (χ0) is 25.8. The number of esters is 1. The Labute approximate surface area is 213 Å². The van der Waals surface area contributed by atoms with E-state index in [9.17, 15) is 10.1 Å². The number of hydrogen-bond acceptors (Lipinski definition) is 8. The van der Waals surface area contributed by atoms with E-state index < -0.39 is 11.9 Å². The summed E-state index contributed by atoms with van der Waals surface area (Å²) in [5.74, 6) is 1.07. The average molecular weight is 507 g/mol. The first-order valence-corrected chi connectivity index (χ1v) is 11.3. The van der Waals surface area contributed by atoms with Crippen molar-refractivity contribution < 1.29 is 28.5 Å². The molecule has 1 aliphatic heterocycles. The van der Waals surface area contributed by atoms with Gasteiger partial charge in [-0.2, -0.15) is 5.26 Å². The summed E-state index contributed by atoms with van der Waals surface area (Å²) >= 11 is 5.95. The minimum absolute atomic E-state index is 0.0326. The molecule has 0 spiro atoms. The first kappa shape index (κ1) is 24.8. The lowest BCUT2D eigenvalue weighted by Gasteiger charge is -2.27. The van der Waals surface area contributed by atoms with Crippen molar-refractivity contribution in [3.8, 4) is 34.8 Å².